The lowest BCUT2D eigenvalue weighted by atomic mass is 9.97. The first-order valence-electron chi connectivity index (χ1n) is 7.12. The van der Waals surface area contributed by atoms with Crippen molar-refractivity contribution in [3.05, 3.63) is 29.8 Å². The van der Waals surface area contributed by atoms with Crippen LogP contribution in [0.4, 0.5) is 18.9 Å². The van der Waals surface area contributed by atoms with Crippen molar-refractivity contribution >= 4 is 5.69 Å². The van der Waals surface area contributed by atoms with Crippen LogP contribution in [0.2, 0.25) is 0 Å². The number of hydrogen-bond acceptors (Lipinski definition) is 2. The van der Waals surface area contributed by atoms with Crippen LogP contribution in [0.3, 0.4) is 0 Å². The zero-order valence-electron chi connectivity index (χ0n) is 11.7. The lowest BCUT2D eigenvalue weighted by Gasteiger charge is -2.35. The van der Waals surface area contributed by atoms with Gasteiger partial charge in [-0.25, -0.2) is 0 Å². The highest BCUT2D eigenvalue weighted by Crippen LogP contribution is 2.34. The Kier molecular flexibility index (Phi) is 4.91. The van der Waals surface area contributed by atoms with Crippen LogP contribution in [0.1, 0.15) is 25.3 Å². The minimum absolute atomic E-state index is 0.0794. The molecule has 0 aromatic heterocycles. The first-order valence-corrected chi connectivity index (χ1v) is 7.12. The summed E-state index contributed by atoms with van der Waals surface area (Å²) in [6, 6.07) is 7.81. The van der Waals surface area contributed by atoms with Gasteiger partial charge in [-0.15, -0.1) is 0 Å². The lowest BCUT2D eigenvalue weighted by molar-refractivity contribution is -0.175. The number of alkyl halides is 3. The van der Waals surface area contributed by atoms with E-state index < -0.39 is 12.1 Å². The highest BCUT2D eigenvalue weighted by Gasteiger charge is 2.41. The van der Waals surface area contributed by atoms with E-state index in [0.29, 0.717) is 13.0 Å². The van der Waals surface area contributed by atoms with Gasteiger partial charge in [0, 0.05) is 25.3 Å². The Morgan fingerprint density at radius 3 is 2.55 bits per heavy atom. The topological polar surface area (TPSA) is 15.3 Å². The van der Waals surface area contributed by atoms with Gasteiger partial charge in [0.1, 0.15) is 0 Å². The fraction of sp³-hybridized carbons (Fsp3) is 0.600. The molecule has 112 valence electrons. The molecule has 1 aromatic carbocycles. The Balaban J connectivity index is 2.00. The Hall–Kier alpha value is -1.23. The summed E-state index contributed by atoms with van der Waals surface area (Å²) >= 11 is 0. The second kappa shape index (κ2) is 6.48. The van der Waals surface area contributed by atoms with Gasteiger partial charge in [-0.1, -0.05) is 19.1 Å². The molecule has 1 atom stereocenters. The summed E-state index contributed by atoms with van der Waals surface area (Å²) in [5.74, 6) is -1.20. The molecule has 0 amide bonds. The molecule has 1 unspecified atom stereocenters. The van der Waals surface area contributed by atoms with Crippen LogP contribution in [0.25, 0.3) is 0 Å². The molecule has 1 aromatic rings. The predicted molar refractivity (Wildman–Crippen MR) is 74.8 cm³/mol. The molecule has 0 bridgehead atoms. The standard InChI is InChI=1S/C15H21F3N2/c1-2-19-10-12-5-7-14(8-6-12)20-9-3-4-13(11-20)15(16,17)18/h5-8,13,19H,2-4,9-11H2,1H3. The molecule has 2 rings (SSSR count). The van der Waals surface area contributed by atoms with Crippen LogP contribution < -0.4 is 10.2 Å². The molecular formula is C15H21F3N2. The number of nitrogens with zero attached hydrogens (tertiary/aromatic N) is 1. The van der Waals surface area contributed by atoms with Crippen molar-refractivity contribution in [1.82, 2.24) is 5.32 Å². The monoisotopic (exact) mass is 286 g/mol. The van der Waals surface area contributed by atoms with Crippen LogP contribution in [0, 0.1) is 5.92 Å². The summed E-state index contributed by atoms with van der Waals surface area (Å²) in [5.41, 5.74) is 2.04. The van der Waals surface area contributed by atoms with E-state index >= 15 is 0 Å². The largest absolute Gasteiger partial charge is 0.393 e. The number of anilines is 1. The minimum Gasteiger partial charge on any atom is -0.371 e. The number of benzene rings is 1. The maximum Gasteiger partial charge on any atom is 0.393 e. The van der Waals surface area contributed by atoms with Crippen molar-refractivity contribution in [3.8, 4) is 0 Å². The number of rotatable bonds is 4. The van der Waals surface area contributed by atoms with Crippen molar-refractivity contribution in [2.75, 3.05) is 24.5 Å². The Bertz CT molecular complexity index is 414. The smallest absolute Gasteiger partial charge is 0.371 e. The Labute approximate surface area is 118 Å². The Morgan fingerprint density at radius 2 is 1.95 bits per heavy atom. The zero-order chi connectivity index (χ0) is 14.6. The number of halogens is 3. The molecule has 2 nitrogen and oxygen atoms in total. The third kappa shape index (κ3) is 3.88. The molecule has 0 aliphatic carbocycles. The average Bonchev–Trinajstić information content (AvgIpc) is 2.45. The van der Waals surface area contributed by atoms with E-state index in [1.165, 1.54) is 0 Å². The molecule has 1 heterocycles. The van der Waals surface area contributed by atoms with Crippen molar-refractivity contribution in [2.45, 2.75) is 32.5 Å². The second-order valence-corrected chi connectivity index (χ2v) is 5.27. The van der Waals surface area contributed by atoms with E-state index in [4.69, 9.17) is 0 Å². The fourth-order valence-corrected chi connectivity index (χ4v) is 2.57. The van der Waals surface area contributed by atoms with Gasteiger partial charge in [-0.05, 0) is 37.1 Å². The van der Waals surface area contributed by atoms with Crippen LogP contribution in [-0.4, -0.2) is 25.8 Å². The molecule has 1 fully saturated rings. The van der Waals surface area contributed by atoms with Gasteiger partial charge in [0.15, 0.2) is 0 Å². The Morgan fingerprint density at radius 1 is 1.25 bits per heavy atom. The molecule has 5 heteroatoms. The predicted octanol–water partition coefficient (Wildman–Crippen LogP) is 3.57. The maximum absolute atomic E-state index is 12.8. The summed E-state index contributed by atoms with van der Waals surface area (Å²) in [6.45, 7) is 4.53. The number of nitrogens with one attached hydrogen (secondary N) is 1. The van der Waals surface area contributed by atoms with E-state index in [-0.39, 0.29) is 13.0 Å². The summed E-state index contributed by atoms with van der Waals surface area (Å²) in [5, 5.41) is 3.23. The van der Waals surface area contributed by atoms with E-state index in [9.17, 15) is 13.2 Å². The van der Waals surface area contributed by atoms with Gasteiger partial charge in [0.2, 0.25) is 0 Å². The first kappa shape index (κ1) is 15.2. The average molecular weight is 286 g/mol. The highest BCUT2D eigenvalue weighted by atomic mass is 19.4. The number of piperidine rings is 1. The highest BCUT2D eigenvalue weighted by molar-refractivity contribution is 5.48. The summed E-state index contributed by atoms with van der Waals surface area (Å²) in [6.07, 6.45) is -3.23. The van der Waals surface area contributed by atoms with E-state index in [1.807, 2.05) is 36.1 Å². The third-order valence-electron chi connectivity index (χ3n) is 3.76. The van der Waals surface area contributed by atoms with Gasteiger partial charge >= 0.3 is 6.18 Å². The SMILES string of the molecule is CCNCc1ccc(N2CCCC(C(F)(F)F)C2)cc1. The molecule has 20 heavy (non-hydrogen) atoms. The summed E-state index contributed by atoms with van der Waals surface area (Å²) in [7, 11) is 0. The van der Waals surface area contributed by atoms with Crippen molar-refractivity contribution in [2.24, 2.45) is 5.92 Å². The van der Waals surface area contributed by atoms with Crippen LogP contribution in [0.5, 0.6) is 0 Å². The normalized spacial score (nSPS) is 20.2. The van der Waals surface area contributed by atoms with Gasteiger partial charge < -0.3 is 10.2 Å². The van der Waals surface area contributed by atoms with Gasteiger partial charge in [0.05, 0.1) is 5.92 Å². The van der Waals surface area contributed by atoms with Crippen LogP contribution in [0.15, 0.2) is 24.3 Å². The zero-order valence-corrected chi connectivity index (χ0v) is 11.7. The van der Waals surface area contributed by atoms with Crippen molar-refractivity contribution in [3.63, 3.8) is 0 Å². The fourth-order valence-electron chi connectivity index (χ4n) is 2.57. The lowest BCUT2D eigenvalue weighted by Crippen LogP contribution is -2.41. The van der Waals surface area contributed by atoms with Crippen molar-refractivity contribution in [1.29, 1.82) is 0 Å². The first-order chi connectivity index (χ1) is 9.50. The molecule has 1 saturated heterocycles. The van der Waals surface area contributed by atoms with E-state index in [0.717, 1.165) is 24.3 Å². The van der Waals surface area contributed by atoms with Crippen molar-refractivity contribution < 1.29 is 13.2 Å². The van der Waals surface area contributed by atoms with Gasteiger partial charge in [-0.2, -0.15) is 13.2 Å². The molecule has 0 saturated carbocycles. The molecular weight excluding hydrogens is 265 g/mol. The molecule has 1 aliphatic rings. The second-order valence-electron chi connectivity index (χ2n) is 5.27. The number of hydrogen-bond donors (Lipinski definition) is 1. The molecule has 1 aliphatic heterocycles. The summed E-state index contributed by atoms with van der Waals surface area (Å²) in [4.78, 5) is 1.85. The molecule has 0 spiro atoms. The van der Waals surface area contributed by atoms with Gasteiger partial charge in [0.25, 0.3) is 0 Å². The summed E-state index contributed by atoms with van der Waals surface area (Å²) < 4.78 is 38.4. The molecule has 0 radical (unpaired) electrons. The van der Waals surface area contributed by atoms with Gasteiger partial charge in [-0.3, -0.25) is 0 Å². The molecule has 1 N–H and O–H groups in total. The minimum atomic E-state index is -4.08. The van der Waals surface area contributed by atoms with Crippen LogP contribution in [-0.2, 0) is 6.54 Å². The maximum atomic E-state index is 12.8. The third-order valence-corrected chi connectivity index (χ3v) is 3.76. The quantitative estimate of drug-likeness (QED) is 0.910. The van der Waals surface area contributed by atoms with Crippen LogP contribution >= 0.6 is 0 Å². The van der Waals surface area contributed by atoms with E-state index in [1.54, 1.807) is 0 Å². The van der Waals surface area contributed by atoms with E-state index in [2.05, 4.69) is 5.32 Å².